The van der Waals surface area contributed by atoms with Crippen molar-refractivity contribution >= 4 is 17.5 Å². The van der Waals surface area contributed by atoms with Crippen LogP contribution in [0, 0.1) is 5.82 Å². The van der Waals surface area contributed by atoms with Gasteiger partial charge >= 0.3 is 0 Å². The van der Waals surface area contributed by atoms with Crippen molar-refractivity contribution in [1.29, 1.82) is 0 Å². The fourth-order valence-corrected chi connectivity index (χ4v) is 3.47. The smallest absolute Gasteiger partial charge is 0.257 e. The molecule has 1 saturated heterocycles. The van der Waals surface area contributed by atoms with E-state index >= 15 is 0 Å². The summed E-state index contributed by atoms with van der Waals surface area (Å²) in [5, 5.41) is 12.9. The summed E-state index contributed by atoms with van der Waals surface area (Å²) in [6.07, 6.45) is 2.33. The third-order valence-electron chi connectivity index (χ3n) is 4.65. The maximum absolute atomic E-state index is 14.4. The van der Waals surface area contributed by atoms with Gasteiger partial charge in [-0.05, 0) is 50.8 Å². The largest absolute Gasteiger partial charge is 0.388 e. The maximum atomic E-state index is 14.4. The van der Waals surface area contributed by atoms with E-state index in [9.17, 15) is 19.1 Å². The number of nitrogens with one attached hydrogen (secondary N) is 1. The third kappa shape index (κ3) is 2.95. The number of likely N-dealkylation sites (tertiary alicyclic amines) is 1. The molecule has 1 fully saturated rings. The fraction of sp³-hybridized carbons (Fsp3) is 0.529. The minimum Gasteiger partial charge on any atom is -0.388 e. The molecule has 3 rings (SSSR count). The van der Waals surface area contributed by atoms with Crippen LogP contribution in [0.2, 0.25) is 0 Å². The van der Waals surface area contributed by atoms with E-state index in [0.717, 1.165) is 12.0 Å². The SMILES string of the molecule is CC(C)(O)[C@@H]1CCCN1C(=O)c1cc2c(cc1F)NC(=O)CC2. The molecule has 0 spiro atoms. The maximum Gasteiger partial charge on any atom is 0.257 e. The van der Waals surface area contributed by atoms with Crippen molar-refractivity contribution in [2.75, 3.05) is 11.9 Å². The van der Waals surface area contributed by atoms with Crippen LogP contribution in [0.25, 0.3) is 0 Å². The first-order valence-electron chi connectivity index (χ1n) is 7.93. The Kier molecular flexibility index (Phi) is 3.88. The van der Waals surface area contributed by atoms with E-state index in [4.69, 9.17) is 0 Å². The van der Waals surface area contributed by atoms with Gasteiger partial charge in [-0.2, -0.15) is 0 Å². The number of hydrogen-bond acceptors (Lipinski definition) is 3. The van der Waals surface area contributed by atoms with Gasteiger partial charge in [-0.15, -0.1) is 0 Å². The summed E-state index contributed by atoms with van der Waals surface area (Å²) in [6, 6.07) is 2.44. The number of nitrogens with zero attached hydrogens (tertiary/aromatic N) is 1. The molecule has 23 heavy (non-hydrogen) atoms. The lowest BCUT2D eigenvalue weighted by Gasteiger charge is -2.34. The number of aliphatic hydroxyl groups is 1. The number of aryl methyl sites for hydroxylation is 1. The zero-order valence-electron chi connectivity index (χ0n) is 13.4. The summed E-state index contributed by atoms with van der Waals surface area (Å²) >= 11 is 0. The number of rotatable bonds is 2. The van der Waals surface area contributed by atoms with Crippen LogP contribution >= 0.6 is 0 Å². The summed E-state index contributed by atoms with van der Waals surface area (Å²) in [4.78, 5) is 25.7. The van der Waals surface area contributed by atoms with Crippen LogP contribution in [0.15, 0.2) is 12.1 Å². The number of benzene rings is 1. The van der Waals surface area contributed by atoms with Gasteiger partial charge in [-0.3, -0.25) is 9.59 Å². The molecule has 2 N–H and O–H groups in total. The van der Waals surface area contributed by atoms with Gasteiger partial charge < -0.3 is 15.3 Å². The summed E-state index contributed by atoms with van der Waals surface area (Å²) < 4.78 is 14.4. The van der Waals surface area contributed by atoms with Gasteiger partial charge in [0, 0.05) is 18.7 Å². The molecule has 0 aliphatic carbocycles. The van der Waals surface area contributed by atoms with Crippen molar-refractivity contribution < 1.29 is 19.1 Å². The van der Waals surface area contributed by atoms with Crippen molar-refractivity contribution in [2.45, 2.75) is 51.2 Å². The van der Waals surface area contributed by atoms with Crippen LogP contribution in [-0.2, 0) is 11.2 Å². The predicted molar refractivity (Wildman–Crippen MR) is 83.7 cm³/mol. The number of halogens is 1. The number of carbonyl (C=O) groups excluding carboxylic acids is 2. The van der Waals surface area contributed by atoms with Crippen molar-refractivity contribution in [3.05, 3.63) is 29.1 Å². The van der Waals surface area contributed by atoms with E-state index in [-0.39, 0.29) is 17.5 Å². The van der Waals surface area contributed by atoms with Gasteiger partial charge in [0.05, 0.1) is 17.2 Å². The Bertz CT molecular complexity index is 667. The Labute approximate surface area is 134 Å². The first-order valence-corrected chi connectivity index (χ1v) is 7.93. The van der Waals surface area contributed by atoms with Crippen molar-refractivity contribution in [2.24, 2.45) is 0 Å². The van der Waals surface area contributed by atoms with Crippen LogP contribution in [0.4, 0.5) is 10.1 Å². The second kappa shape index (κ2) is 5.60. The summed E-state index contributed by atoms with van der Waals surface area (Å²) in [6.45, 7) is 3.85. The van der Waals surface area contributed by atoms with E-state index in [1.807, 2.05) is 0 Å². The highest BCUT2D eigenvalue weighted by molar-refractivity contribution is 5.98. The molecule has 6 heteroatoms. The first kappa shape index (κ1) is 15.9. The lowest BCUT2D eigenvalue weighted by atomic mass is 9.95. The highest BCUT2D eigenvalue weighted by Gasteiger charge is 2.39. The summed E-state index contributed by atoms with van der Waals surface area (Å²) in [5.74, 6) is -1.18. The van der Waals surface area contributed by atoms with E-state index in [0.29, 0.717) is 31.5 Å². The van der Waals surface area contributed by atoms with E-state index in [1.165, 1.54) is 12.1 Å². The molecule has 0 unspecified atom stereocenters. The minimum absolute atomic E-state index is 0.0102. The highest BCUT2D eigenvalue weighted by atomic mass is 19.1. The fourth-order valence-electron chi connectivity index (χ4n) is 3.47. The second-order valence-corrected chi connectivity index (χ2v) is 6.85. The molecule has 1 aromatic rings. The standard InChI is InChI=1S/C17H21FN2O3/c1-17(2,23)14-4-3-7-20(14)16(22)11-8-10-5-6-15(21)19-13(10)9-12(11)18/h8-9,14,23H,3-7H2,1-2H3,(H,19,21)/t14-/m0/s1. The summed E-state index contributed by atoms with van der Waals surface area (Å²) in [7, 11) is 0. The van der Waals surface area contributed by atoms with Gasteiger partial charge in [0.15, 0.2) is 0 Å². The molecule has 2 aliphatic heterocycles. The molecular weight excluding hydrogens is 299 g/mol. The molecule has 0 saturated carbocycles. The molecule has 0 aromatic heterocycles. The average Bonchev–Trinajstić information content (AvgIpc) is 2.95. The number of hydrogen-bond donors (Lipinski definition) is 2. The quantitative estimate of drug-likeness (QED) is 0.876. The zero-order valence-corrected chi connectivity index (χ0v) is 13.4. The molecule has 124 valence electrons. The Balaban J connectivity index is 1.92. The molecule has 2 heterocycles. The van der Waals surface area contributed by atoms with Crippen LogP contribution in [0.3, 0.4) is 0 Å². The second-order valence-electron chi connectivity index (χ2n) is 6.85. The number of anilines is 1. The normalized spacial score (nSPS) is 21.1. The van der Waals surface area contributed by atoms with E-state index < -0.39 is 17.3 Å². The molecule has 2 aliphatic rings. The Morgan fingerprint density at radius 2 is 2.13 bits per heavy atom. The predicted octanol–water partition coefficient (Wildman–Crippen LogP) is 2.09. The van der Waals surface area contributed by atoms with Gasteiger partial charge in [-0.1, -0.05) is 0 Å². The van der Waals surface area contributed by atoms with Crippen LogP contribution in [0.1, 0.15) is 49.0 Å². The molecule has 2 amide bonds. The number of carbonyl (C=O) groups is 2. The Hall–Kier alpha value is -1.95. The van der Waals surface area contributed by atoms with Crippen LogP contribution in [-0.4, -0.2) is 40.0 Å². The number of amides is 2. The van der Waals surface area contributed by atoms with Gasteiger partial charge in [0.2, 0.25) is 5.91 Å². The van der Waals surface area contributed by atoms with Gasteiger partial charge in [-0.25, -0.2) is 4.39 Å². The van der Waals surface area contributed by atoms with Crippen LogP contribution < -0.4 is 5.32 Å². The van der Waals surface area contributed by atoms with Crippen molar-refractivity contribution in [1.82, 2.24) is 4.90 Å². The molecular formula is C17H21FN2O3. The van der Waals surface area contributed by atoms with Crippen molar-refractivity contribution in [3.8, 4) is 0 Å². The highest BCUT2D eigenvalue weighted by Crippen LogP contribution is 2.31. The first-order chi connectivity index (χ1) is 10.8. The molecule has 1 atom stereocenters. The van der Waals surface area contributed by atoms with Crippen molar-refractivity contribution in [3.63, 3.8) is 0 Å². The Morgan fingerprint density at radius 3 is 2.83 bits per heavy atom. The molecule has 0 radical (unpaired) electrons. The van der Waals surface area contributed by atoms with E-state index in [1.54, 1.807) is 18.7 Å². The van der Waals surface area contributed by atoms with E-state index in [2.05, 4.69) is 5.32 Å². The third-order valence-corrected chi connectivity index (χ3v) is 4.65. The number of fused-ring (bicyclic) bond motifs is 1. The van der Waals surface area contributed by atoms with Crippen LogP contribution in [0.5, 0.6) is 0 Å². The molecule has 5 nitrogen and oxygen atoms in total. The minimum atomic E-state index is -1.02. The average molecular weight is 320 g/mol. The zero-order chi connectivity index (χ0) is 16.8. The van der Waals surface area contributed by atoms with Gasteiger partial charge in [0.25, 0.3) is 5.91 Å². The monoisotopic (exact) mass is 320 g/mol. The topological polar surface area (TPSA) is 69.6 Å². The lowest BCUT2D eigenvalue weighted by molar-refractivity contribution is -0.116. The lowest BCUT2D eigenvalue weighted by Crippen LogP contribution is -2.48. The van der Waals surface area contributed by atoms with Gasteiger partial charge in [0.1, 0.15) is 5.82 Å². The Morgan fingerprint density at radius 1 is 1.39 bits per heavy atom. The summed E-state index contributed by atoms with van der Waals surface area (Å²) in [5.41, 5.74) is 0.199. The molecule has 0 bridgehead atoms. The molecule has 1 aromatic carbocycles.